The average molecular weight is 293 g/mol. The zero-order valence-electron chi connectivity index (χ0n) is 13.0. The molecule has 0 bridgehead atoms. The van der Waals surface area contributed by atoms with Crippen molar-refractivity contribution in [3.63, 3.8) is 0 Å². The van der Waals surface area contributed by atoms with Gasteiger partial charge in [0, 0.05) is 6.04 Å². The summed E-state index contributed by atoms with van der Waals surface area (Å²) in [6.07, 6.45) is -0.0266. The number of carboxylic acids is 1. The van der Waals surface area contributed by atoms with Gasteiger partial charge in [0.25, 0.3) is 0 Å². The Balaban J connectivity index is 2.81. The molecule has 1 unspecified atom stereocenters. The molecule has 21 heavy (non-hydrogen) atoms. The van der Waals surface area contributed by atoms with Gasteiger partial charge in [-0.2, -0.15) is 0 Å². The summed E-state index contributed by atoms with van der Waals surface area (Å²) in [6, 6.07) is 9.37. The van der Waals surface area contributed by atoms with Crippen molar-refractivity contribution in [2.45, 2.75) is 45.8 Å². The molecule has 5 nitrogen and oxygen atoms in total. The summed E-state index contributed by atoms with van der Waals surface area (Å²) in [6.45, 7) is 6.71. The molecular formula is C16H23NO4. The lowest BCUT2D eigenvalue weighted by molar-refractivity contribution is -0.138. The number of carboxylic acid groups (broad SMARTS) is 1. The minimum Gasteiger partial charge on any atom is -0.480 e. The Hall–Kier alpha value is -2.04. The molecule has 0 radical (unpaired) electrons. The Morgan fingerprint density at radius 3 is 2.29 bits per heavy atom. The zero-order chi connectivity index (χ0) is 16.0. The average Bonchev–Trinajstić information content (AvgIpc) is 2.34. The second kappa shape index (κ2) is 7.11. The van der Waals surface area contributed by atoms with Crippen molar-refractivity contribution < 1.29 is 19.4 Å². The van der Waals surface area contributed by atoms with Crippen LogP contribution in [0.3, 0.4) is 0 Å². The van der Waals surface area contributed by atoms with Crippen LogP contribution in [0.2, 0.25) is 0 Å². The van der Waals surface area contributed by atoms with Crippen LogP contribution >= 0.6 is 0 Å². The monoisotopic (exact) mass is 293 g/mol. The molecule has 0 saturated carbocycles. The first kappa shape index (κ1) is 17.0. The number of hydrogen-bond acceptors (Lipinski definition) is 3. The van der Waals surface area contributed by atoms with Crippen molar-refractivity contribution in [3.8, 4) is 0 Å². The summed E-state index contributed by atoms with van der Waals surface area (Å²) in [7, 11) is 0. The van der Waals surface area contributed by atoms with Crippen LogP contribution in [-0.4, -0.2) is 40.3 Å². The summed E-state index contributed by atoms with van der Waals surface area (Å²) in [5.41, 5.74) is 0.393. The van der Waals surface area contributed by atoms with E-state index in [1.807, 2.05) is 37.3 Å². The van der Waals surface area contributed by atoms with Crippen LogP contribution in [0.4, 0.5) is 4.79 Å². The maximum atomic E-state index is 12.2. The Morgan fingerprint density at radius 1 is 1.24 bits per heavy atom. The van der Waals surface area contributed by atoms with Crippen LogP contribution < -0.4 is 0 Å². The third-order valence-corrected chi connectivity index (χ3v) is 2.84. The second-order valence-electron chi connectivity index (χ2n) is 6.04. The highest BCUT2D eigenvalue weighted by Gasteiger charge is 2.27. The number of rotatable bonds is 5. The van der Waals surface area contributed by atoms with Crippen molar-refractivity contribution in [1.29, 1.82) is 0 Å². The predicted octanol–water partition coefficient (Wildman–Crippen LogP) is 2.94. The molecule has 0 spiro atoms. The van der Waals surface area contributed by atoms with Crippen molar-refractivity contribution in [1.82, 2.24) is 4.90 Å². The molecule has 0 aliphatic heterocycles. The van der Waals surface area contributed by atoms with Crippen LogP contribution in [0.5, 0.6) is 0 Å². The number of ether oxygens (including phenoxy) is 1. The smallest absolute Gasteiger partial charge is 0.411 e. The Morgan fingerprint density at radius 2 is 1.81 bits per heavy atom. The maximum absolute atomic E-state index is 12.2. The van der Waals surface area contributed by atoms with Crippen LogP contribution in [0.25, 0.3) is 0 Å². The van der Waals surface area contributed by atoms with E-state index in [0.717, 1.165) is 5.56 Å². The second-order valence-corrected chi connectivity index (χ2v) is 6.04. The van der Waals surface area contributed by atoms with Crippen LogP contribution in [0.15, 0.2) is 30.3 Å². The minimum atomic E-state index is -1.05. The molecule has 0 aromatic heterocycles. The molecule has 116 valence electrons. The molecule has 0 heterocycles. The summed E-state index contributed by atoms with van der Waals surface area (Å²) < 4.78 is 5.28. The fourth-order valence-electron chi connectivity index (χ4n) is 1.93. The SMILES string of the molecule is CC(Cc1ccccc1)N(CC(=O)O)C(=O)OC(C)(C)C. The molecule has 1 aromatic rings. The molecule has 1 amide bonds. The van der Waals surface area contributed by atoms with Crippen LogP contribution in [0.1, 0.15) is 33.3 Å². The van der Waals surface area contributed by atoms with Gasteiger partial charge in [-0.1, -0.05) is 30.3 Å². The number of hydrogen-bond donors (Lipinski definition) is 1. The van der Waals surface area contributed by atoms with Gasteiger partial charge in [0.05, 0.1) is 0 Å². The highest BCUT2D eigenvalue weighted by atomic mass is 16.6. The van der Waals surface area contributed by atoms with E-state index >= 15 is 0 Å². The summed E-state index contributed by atoms with van der Waals surface area (Å²) >= 11 is 0. The first-order valence-corrected chi connectivity index (χ1v) is 6.94. The van der Waals surface area contributed by atoms with Crippen molar-refractivity contribution >= 4 is 12.1 Å². The lowest BCUT2D eigenvalue weighted by Gasteiger charge is -2.30. The van der Waals surface area contributed by atoms with Gasteiger partial charge in [-0.3, -0.25) is 9.69 Å². The predicted molar refractivity (Wildman–Crippen MR) is 80.2 cm³/mol. The summed E-state index contributed by atoms with van der Waals surface area (Å²) in [5, 5.41) is 9.00. The normalized spacial score (nSPS) is 12.6. The van der Waals surface area contributed by atoms with Gasteiger partial charge in [-0.15, -0.1) is 0 Å². The Kier molecular flexibility index (Phi) is 5.76. The standard InChI is InChI=1S/C16H23NO4/c1-12(10-13-8-6-5-7-9-13)17(11-14(18)19)15(20)21-16(2,3)4/h5-9,12H,10-11H2,1-4H3,(H,18,19). The highest BCUT2D eigenvalue weighted by molar-refractivity contribution is 5.77. The molecule has 1 N–H and O–H groups in total. The van der Waals surface area contributed by atoms with E-state index in [2.05, 4.69) is 0 Å². The molecule has 1 rings (SSSR count). The first-order valence-electron chi connectivity index (χ1n) is 6.94. The lowest BCUT2D eigenvalue weighted by Crippen LogP contribution is -2.45. The third-order valence-electron chi connectivity index (χ3n) is 2.84. The maximum Gasteiger partial charge on any atom is 0.411 e. The largest absolute Gasteiger partial charge is 0.480 e. The summed E-state index contributed by atoms with van der Waals surface area (Å²) in [5.74, 6) is -1.05. The number of amides is 1. The van der Waals surface area contributed by atoms with E-state index in [4.69, 9.17) is 9.84 Å². The van der Waals surface area contributed by atoms with E-state index in [1.165, 1.54) is 4.90 Å². The van der Waals surface area contributed by atoms with Gasteiger partial charge in [-0.25, -0.2) is 4.79 Å². The molecule has 5 heteroatoms. The Labute approximate surface area is 125 Å². The number of nitrogens with zero attached hydrogens (tertiary/aromatic N) is 1. The highest BCUT2D eigenvalue weighted by Crippen LogP contribution is 2.14. The molecular weight excluding hydrogens is 270 g/mol. The number of aliphatic carboxylic acids is 1. The van der Waals surface area contributed by atoms with Crippen molar-refractivity contribution in [3.05, 3.63) is 35.9 Å². The van der Waals surface area contributed by atoms with Crippen LogP contribution in [0, 0.1) is 0 Å². The minimum absolute atomic E-state index is 0.265. The molecule has 1 aromatic carbocycles. The van der Waals surface area contributed by atoms with Crippen molar-refractivity contribution in [2.24, 2.45) is 0 Å². The molecule has 0 aliphatic carbocycles. The van der Waals surface area contributed by atoms with E-state index in [0.29, 0.717) is 6.42 Å². The fourth-order valence-corrected chi connectivity index (χ4v) is 1.93. The third kappa shape index (κ3) is 6.29. The van der Waals surface area contributed by atoms with E-state index in [1.54, 1.807) is 20.8 Å². The fraction of sp³-hybridized carbons (Fsp3) is 0.500. The quantitative estimate of drug-likeness (QED) is 0.906. The number of benzene rings is 1. The van der Waals surface area contributed by atoms with Gasteiger partial charge in [-0.05, 0) is 39.7 Å². The number of carbonyl (C=O) groups is 2. The molecule has 0 saturated heterocycles. The zero-order valence-corrected chi connectivity index (χ0v) is 13.0. The van der Waals surface area contributed by atoms with Gasteiger partial charge in [0.1, 0.15) is 12.1 Å². The van der Waals surface area contributed by atoms with Gasteiger partial charge in [0.2, 0.25) is 0 Å². The van der Waals surface area contributed by atoms with E-state index < -0.39 is 17.7 Å². The van der Waals surface area contributed by atoms with Gasteiger partial charge >= 0.3 is 12.1 Å². The molecule has 0 aliphatic rings. The van der Waals surface area contributed by atoms with Gasteiger partial charge < -0.3 is 9.84 Å². The molecule has 0 fully saturated rings. The van der Waals surface area contributed by atoms with E-state index in [-0.39, 0.29) is 12.6 Å². The Bertz CT molecular complexity index is 479. The van der Waals surface area contributed by atoms with Gasteiger partial charge in [0.15, 0.2) is 0 Å². The number of carbonyl (C=O) groups excluding carboxylic acids is 1. The van der Waals surface area contributed by atoms with E-state index in [9.17, 15) is 9.59 Å². The first-order chi connectivity index (χ1) is 9.69. The molecule has 1 atom stereocenters. The topological polar surface area (TPSA) is 66.8 Å². The lowest BCUT2D eigenvalue weighted by atomic mass is 10.1. The van der Waals surface area contributed by atoms with Crippen molar-refractivity contribution in [2.75, 3.05) is 6.54 Å². The summed E-state index contributed by atoms with van der Waals surface area (Å²) in [4.78, 5) is 24.4. The van der Waals surface area contributed by atoms with Crippen LogP contribution in [-0.2, 0) is 16.0 Å².